The van der Waals surface area contributed by atoms with E-state index >= 15 is 0 Å². The Balaban J connectivity index is 1.54. The highest BCUT2D eigenvalue weighted by Crippen LogP contribution is 2.21. The highest BCUT2D eigenvalue weighted by atomic mass is 19.1. The topological polar surface area (TPSA) is 34.4 Å². The van der Waals surface area contributed by atoms with Crippen LogP contribution < -0.4 is 10.1 Å². The van der Waals surface area contributed by atoms with E-state index in [-0.39, 0.29) is 12.4 Å². The summed E-state index contributed by atoms with van der Waals surface area (Å²) in [5.41, 5.74) is 0. The zero-order valence-corrected chi connectivity index (χ0v) is 10.9. The molecule has 1 N–H and O–H groups in total. The maximum absolute atomic E-state index is 13.4. The Morgan fingerprint density at radius 1 is 1.15 bits per heavy atom. The fourth-order valence-electron chi connectivity index (χ4n) is 1.87. The van der Waals surface area contributed by atoms with E-state index in [1.54, 1.807) is 6.07 Å². The van der Waals surface area contributed by atoms with Crippen LogP contribution in [0, 0.1) is 11.6 Å². The highest BCUT2D eigenvalue weighted by molar-refractivity contribution is 5.24. The summed E-state index contributed by atoms with van der Waals surface area (Å²) < 4.78 is 37.0. The maximum Gasteiger partial charge on any atom is 0.167 e. The Labute approximate surface area is 115 Å². The second-order valence-electron chi connectivity index (χ2n) is 4.89. The van der Waals surface area contributed by atoms with Crippen molar-refractivity contribution in [3.63, 3.8) is 0 Å². The standard InChI is InChI=1S/C15H15F2NO2/c16-10-1-6-15(14(17)7-10)19-9-13-5-4-12(20-13)8-18-11-2-3-11/h1,4-7,11,18H,2-3,8-9H2. The van der Waals surface area contributed by atoms with E-state index in [0.717, 1.165) is 17.9 Å². The molecule has 2 aromatic rings. The molecule has 1 saturated carbocycles. The van der Waals surface area contributed by atoms with Crippen LogP contribution in [0.4, 0.5) is 8.78 Å². The number of nitrogens with one attached hydrogen (secondary N) is 1. The van der Waals surface area contributed by atoms with Crippen molar-refractivity contribution in [2.75, 3.05) is 0 Å². The summed E-state index contributed by atoms with van der Waals surface area (Å²) >= 11 is 0. The molecule has 1 fully saturated rings. The van der Waals surface area contributed by atoms with Crippen molar-refractivity contribution in [1.29, 1.82) is 0 Å². The normalized spacial score (nSPS) is 14.5. The van der Waals surface area contributed by atoms with Crippen molar-refractivity contribution in [2.45, 2.75) is 32.0 Å². The first-order valence-electron chi connectivity index (χ1n) is 6.59. The minimum Gasteiger partial charge on any atom is -0.483 e. The van der Waals surface area contributed by atoms with E-state index in [2.05, 4.69) is 5.32 Å². The van der Waals surface area contributed by atoms with Gasteiger partial charge in [-0.1, -0.05) is 0 Å². The molecule has 1 aromatic carbocycles. The van der Waals surface area contributed by atoms with Crippen LogP contribution in [0.5, 0.6) is 5.75 Å². The lowest BCUT2D eigenvalue weighted by molar-refractivity contribution is 0.253. The van der Waals surface area contributed by atoms with Gasteiger partial charge in [0.15, 0.2) is 11.6 Å². The van der Waals surface area contributed by atoms with Crippen LogP contribution in [0.25, 0.3) is 0 Å². The van der Waals surface area contributed by atoms with Crippen LogP contribution >= 0.6 is 0 Å². The molecule has 5 heteroatoms. The van der Waals surface area contributed by atoms with Gasteiger partial charge in [-0.3, -0.25) is 0 Å². The lowest BCUT2D eigenvalue weighted by Crippen LogP contribution is -2.14. The van der Waals surface area contributed by atoms with Gasteiger partial charge >= 0.3 is 0 Å². The number of hydrogen-bond acceptors (Lipinski definition) is 3. The molecule has 20 heavy (non-hydrogen) atoms. The number of furan rings is 1. The summed E-state index contributed by atoms with van der Waals surface area (Å²) in [6.45, 7) is 0.807. The molecule has 1 heterocycles. The minimum absolute atomic E-state index is 0.0143. The van der Waals surface area contributed by atoms with E-state index in [9.17, 15) is 8.78 Å². The maximum atomic E-state index is 13.4. The summed E-state index contributed by atoms with van der Waals surface area (Å²) in [6, 6.07) is 7.51. The third-order valence-electron chi connectivity index (χ3n) is 3.12. The van der Waals surface area contributed by atoms with Gasteiger partial charge in [0, 0.05) is 12.1 Å². The van der Waals surface area contributed by atoms with Gasteiger partial charge in [-0.15, -0.1) is 0 Å². The van der Waals surface area contributed by atoms with Gasteiger partial charge in [-0.2, -0.15) is 0 Å². The molecule has 1 aliphatic carbocycles. The Kier molecular flexibility index (Phi) is 3.69. The average molecular weight is 279 g/mol. The van der Waals surface area contributed by atoms with E-state index in [1.807, 2.05) is 6.07 Å². The first kappa shape index (κ1) is 13.1. The van der Waals surface area contributed by atoms with Gasteiger partial charge in [-0.25, -0.2) is 8.78 Å². The number of rotatable bonds is 6. The summed E-state index contributed by atoms with van der Waals surface area (Å²) in [4.78, 5) is 0. The molecule has 3 rings (SSSR count). The molecule has 0 aliphatic heterocycles. The third-order valence-corrected chi connectivity index (χ3v) is 3.12. The predicted octanol–water partition coefficient (Wildman–Crippen LogP) is 3.39. The third kappa shape index (κ3) is 3.36. The van der Waals surface area contributed by atoms with Crippen LogP contribution in [0.15, 0.2) is 34.7 Å². The number of benzene rings is 1. The second-order valence-corrected chi connectivity index (χ2v) is 4.89. The molecule has 0 amide bonds. The molecule has 1 aromatic heterocycles. The number of hydrogen-bond donors (Lipinski definition) is 1. The molecule has 3 nitrogen and oxygen atoms in total. The minimum atomic E-state index is -0.716. The number of halogens is 2. The molecule has 0 spiro atoms. The average Bonchev–Trinajstić information content (AvgIpc) is 3.14. The molecular weight excluding hydrogens is 264 g/mol. The fraction of sp³-hybridized carbons (Fsp3) is 0.333. The molecule has 106 valence electrons. The van der Waals surface area contributed by atoms with Gasteiger partial charge in [0.2, 0.25) is 0 Å². The monoisotopic (exact) mass is 279 g/mol. The SMILES string of the molecule is Fc1ccc(OCc2ccc(CNC3CC3)o2)c(F)c1. The van der Waals surface area contributed by atoms with Crippen molar-refractivity contribution in [3.8, 4) is 5.75 Å². The Hall–Kier alpha value is -1.88. The Morgan fingerprint density at radius 2 is 1.95 bits per heavy atom. The van der Waals surface area contributed by atoms with E-state index in [0.29, 0.717) is 18.3 Å². The Bertz CT molecular complexity index is 593. The van der Waals surface area contributed by atoms with E-state index < -0.39 is 11.6 Å². The first-order valence-corrected chi connectivity index (χ1v) is 6.59. The Morgan fingerprint density at radius 3 is 2.70 bits per heavy atom. The van der Waals surface area contributed by atoms with Crippen LogP contribution in [-0.2, 0) is 13.2 Å². The quantitative estimate of drug-likeness (QED) is 0.880. The van der Waals surface area contributed by atoms with Crippen LogP contribution in [0.3, 0.4) is 0 Å². The predicted molar refractivity (Wildman–Crippen MR) is 69.3 cm³/mol. The second kappa shape index (κ2) is 5.63. The summed E-state index contributed by atoms with van der Waals surface area (Å²) in [5, 5.41) is 3.34. The van der Waals surface area contributed by atoms with E-state index in [4.69, 9.17) is 9.15 Å². The molecule has 0 saturated heterocycles. The first-order chi connectivity index (χ1) is 9.70. The van der Waals surface area contributed by atoms with Gasteiger partial charge in [0.05, 0.1) is 6.54 Å². The van der Waals surface area contributed by atoms with E-state index in [1.165, 1.54) is 18.9 Å². The molecule has 1 aliphatic rings. The fourth-order valence-corrected chi connectivity index (χ4v) is 1.87. The molecule has 0 radical (unpaired) electrons. The number of ether oxygens (including phenoxy) is 1. The molecule has 0 atom stereocenters. The summed E-state index contributed by atoms with van der Waals surface area (Å²) in [5.74, 6) is 0.116. The summed E-state index contributed by atoms with van der Waals surface area (Å²) in [7, 11) is 0. The van der Waals surface area contributed by atoms with Crippen LogP contribution in [-0.4, -0.2) is 6.04 Å². The molecular formula is C15H15F2NO2. The van der Waals surface area contributed by atoms with Gasteiger partial charge in [-0.05, 0) is 37.1 Å². The lowest BCUT2D eigenvalue weighted by atomic mass is 10.3. The van der Waals surface area contributed by atoms with Gasteiger partial charge in [0.25, 0.3) is 0 Å². The molecule has 0 bridgehead atoms. The van der Waals surface area contributed by atoms with Crippen molar-refractivity contribution < 1.29 is 17.9 Å². The zero-order valence-electron chi connectivity index (χ0n) is 10.9. The van der Waals surface area contributed by atoms with Crippen molar-refractivity contribution in [1.82, 2.24) is 5.32 Å². The van der Waals surface area contributed by atoms with Crippen LogP contribution in [0.2, 0.25) is 0 Å². The van der Waals surface area contributed by atoms with Gasteiger partial charge < -0.3 is 14.5 Å². The smallest absolute Gasteiger partial charge is 0.167 e. The van der Waals surface area contributed by atoms with Crippen molar-refractivity contribution in [2.24, 2.45) is 0 Å². The lowest BCUT2D eigenvalue weighted by Gasteiger charge is -2.05. The summed E-state index contributed by atoms with van der Waals surface area (Å²) in [6.07, 6.45) is 2.45. The zero-order chi connectivity index (χ0) is 13.9. The highest BCUT2D eigenvalue weighted by Gasteiger charge is 2.20. The van der Waals surface area contributed by atoms with Crippen LogP contribution in [0.1, 0.15) is 24.4 Å². The van der Waals surface area contributed by atoms with Crippen molar-refractivity contribution in [3.05, 3.63) is 53.5 Å². The van der Waals surface area contributed by atoms with Gasteiger partial charge in [0.1, 0.15) is 23.9 Å². The largest absolute Gasteiger partial charge is 0.483 e. The molecule has 0 unspecified atom stereocenters. The van der Waals surface area contributed by atoms with Crippen molar-refractivity contribution >= 4 is 0 Å².